The summed E-state index contributed by atoms with van der Waals surface area (Å²) in [6.07, 6.45) is -1.41. The molecule has 0 amide bonds. The second kappa shape index (κ2) is 7.62. The van der Waals surface area contributed by atoms with E-state index in [4.69, 9.17) is 0 Å². The van der Waals surface area contributed by atoms with E-state index in [0.717, 1.165) is 25.3 Å². The number of hydrogen-bond acceptors (Lipinski definition) is 1. The van der Waals surface area contributed by atoms with E-state index in [-0.39, 0.29) is 12.1 Å². The monoisotopic (exact) mass is 291 g/mol. The molecule has 20 heavy (non-hydrogen) atoms. The maximum absolute atomic E-state index is 12.9. The van der Waals surface area contributed by atoms with E-state index in [0.29, 0.717) is 18.5 Å². The third-order valence-corrected chi connectivity index (χ3v) is 3.08. The van der Waals surface area contributed by atoms with Crippen LogP contribution in [0.15, 0.2) is 18.2 Å². The Morgan fingerprint density at radius 2 is 1.85 bits per heavy atom. The zero-order valence-electron chi connectivity index (χ0n) is 11.9. The molecule has 114 valence electrons. The Kier molecular flexibility index (Phi) is 6.46. The molecule has 0 spiro atoms. The van der Waals surface area contributed by atoms with Crippen LogP contribution in [0.5, 0.6) is 0 Å². The molecule has 0 atom stereocenters. The van der Waals surface area contributed by atoms with Crippen molar-refractivity contribution in [2.45, 2.75) is 45.8 Å². The minimum atomic E-state index is -4.52. The standard InChI is InChI=1S/C15H21F4N/c1-11(2)5-3-4-8-20-10-12-6-7-13(16)9-14(12)15(17,18)19/h6-7,9,11,20H,3-5,8,10H2,1-2H3. The van der Waals surface area contributed by atoms with Crippen LogP contribution in [0.4, 0.5) is 17.6 Å². The van der Waals surface area contributed by atoms with E-state index >= 15 is 0 Å². The van der Waals surface area contributed by atoms with Gasteiger partial charge in [-0.05, 0) is 36.6 Å². The quantitative estimate of drug-likeness (QED) is 0.564. The molecule has 5 heteroatoms. The number of nitrogens with one attached hydrogen (secondary N) is 1. The zero-order chi connectivity index (χ0) is 15.2. The van der Waals surface area contributed by atoms with Gasteiger partial charge in [0.1, 0.15) is 5.82 Å². The molecule has 0 fully saturated rings. The van der Waals surface area contributed by atoms with Crippen molar-refractivity contribution in [3.05, 3.63) is 35.1 Å². The topological polar surface area (TPSA) is 12.0 Å². The van der Waals surface area contributed by atoms with Gasteiger partial charge in [0.25, 0.3) is 0 Å². The second-order valence-electron chi connectivity index (χ2n) is 5.37. The van der Waals surface area contributed by atoms with E-state index in [1.54, 1.807) is 0 Å². The van der Waals surface area contributed by atoms with Crippen LogP contribution in [0.2, 0.25) is 0 Å². The average molecular weight is 291 g/mol. The lowest BCUT2D eigenvalue weighted by Crippen LogP contribution is -2.19. The van der Waals surface area contributed by atoms with Gasteiger partial charge < -0.3 is 5.32 Å². The Labute approximate surface area is 117 Å². The van der Waals surface area contributed by atoms with Crippen LogP contribution in [0.3, 0.4) is 0 Å². The van der Waals surface area contributed by atoms with Crippen molar-refractivity contribution in [2.24, 2.45) is 5.92 Å². The van der Waals surface area contributed by atoms with Crippen LogP contribution >= 0.6 is 0 Å². The van der Waals surface area contributed by atoms with E-state index < -0.39 is 17.6 Å². The van der Waals surface area contributed by atoms with Gasteiger partial charge in [0.15, 0.2) is 0 Å². The summed E-state index contributed by atoms with van der Waals surface area (Å²) in [7, 11) is 0. The number of unbranched alkanes of at least 4 members (excludes halogenated alkanes) is 1. The van der Waals surface area contributed by atoms with E-state index in [2.05, 4.69) is 19.2 Å². The van der Waals surface area contributed by atoms with Gasteiger partial charge in [0, 0.05) is 6.54 Å². The molecule has 1 aromatic carbocycles. The van der Waals surface area contributed by atoms with Crippen molar-refractivity contribution in [1.82, 2.24) is 5.32 Å². The molecule has 0 saturated heterocycles. The Hall–Kier alpha value is -1.10. The van der Waals surface area contributed by atoms with Crippen LogP contribution in [0.25, 0.3) is 0 Å². The van der Waals surface area contributed by atoms with Gasteiger partial charge in [-0.2, -0.15) is 13.2 Å². The molecule has 0 unspecified atom stereocenters. The van der Waals surface area contributed by atoms with Crippen molar-refractivity contribution in [2.75, 3.05) is 6.54 Å². The smallest absolute Gasteiger partial charge is 0.313 e. The predicted octanol–water partition coefficient (Wildman–Crippen LogP) is 4.76. The highest BCUT2D eigenvalue weighted by atomic mass is 19.4. The molecule has 0 radical (unpaired) electrons. The Morgan fingerprint density at radius 1 is 1.15 bits per heavy atom. The normalized spacial score (nSPS) is 12.2. The largest absolute Gasteiger partial charge is 0.416 e. The summed E-state index contributed by atoms with van der Waals surface area (Å²) in [5, 5.41) is 2.98. The highest BCUT2D eigenvalue weighted by Crippen LogP contribution is 2.32. The van der Waals surface area contributed by atoms with Crippen LogP contribution in [0, 0.1) is 11.7 Å². The summed E-state index contributed by atoms with van der Waals surface area (Å²) in [5.41, 5.74) is -0.810. The van der Waals surface area contributed by atoms with Crippen LogP contribution in [-0.2, 0) is 12.7 Å². The fourth-order valence-electron chi connectivity index (χ4n) is 1.99. The Bertz CT molecular complexity index is 413. The van der Waals surface area contributed by atoms with Gasteiger partial charge in [-0.3, -0.25) is 0 Å². The van der Waals surface area contributed by atoms with Gasteiger partial charge in [0.05, 0.1) is 5.56 Å². The summed E-state index contributed by atoms with van der Waals surface area (Å²) >= 11 is 0. The molecule has 1 rings (SSSR count). The first-order valence-corrected chi connectivity index (χ1v) is 6.87. The number of rotatable bonds is 7. The molecule has 1 aromatic rings. The van der Waals surface area contributed by atoms with Crippen molar-refractivity contribution < 1.29 is 17.6 Å². The van der Waals surface area contributed by atoms with Crippen molar-refractivity contribution >= 4 is 0 Å². The van der Waals surface area contributed by atoms with Crippen molar-refractivity contribution in [3.63, 3.8) is 0 Å². The molecule has 0 aliphatic rings. The molecule has 1 nitrogen and oxygen atoms in total. The summed E-state index contributed by atoms with van der Waals surface area (Å²) in [5.74, 6) is -0.220. The van der Waals surface area contributed by atoms with Gasteiger partial charge in [-0.1, -0.05) is 32.8 Å². The molecule has 0 saturated carbocycles. The van der Waals surface area contributed by atoms with E-state index in [1.807, 2.05) is 0 Å². The molecule has 0 heterocycles. The number of halogens is 4. The minimum absolute atomic E-state index is 0.0859. The highest BCUT2D eigenvalue weighted by Gasteiger charge is 2.33. The lowest BCUT2D eigenvalue weighted by molar-refractivity contribution is -0.138. The molecular formula is C15H21F4N. The number of hydrogen-bond donors (Lipinski definition) is 1. The third-order valence-electron chi connectivity index (χ3n) is 3.08. The highest BCUT2D eigenvalue weighted by molar-refractivity contribution is 5.30. The fraction of sp³-hybridized carbons (Fsp3) is 0.600. The first-order valence-electron chi connectivity index (χ1n) is 6.87. The predicted molar refractivity (Wildman–Crippen MR) is 71.8 cm³/mol. The summed E-state index contributed by atoms with van der Waals surface area (Å²) < 4.78 is 51.2. The number of benzene rings is 1. The van der Waals surface area contributed by atoms with Gasteiger partial charge >= 0.3 is 6.18 Å². The molecule has 1 N–H and O–H groups in total. The molecule has 0 aliphatic heterocycles. The third kappa shape index (κ3) is 5.90. The molecule has 0 aromatic heterocycles. The summed E-state index contributed by atoms with van der Waals surface area (Å²) in [4.78, 5) is 0. The first kappa shape index (κ1) is 17.0. The van der Waals surface area contributed by atoms with Gasteiger partial charge in [0.2, 0.25) is 0 Å². The van der Waals surface area contributed by atoms with Crippen molar-refractivity contribution in [1.29, 1.82) is 0 Å². The van der Waals surface area contributed by atoms with Gasteiger partial charge in [-0.25, -0.2) is 4.39 Å². The van der Waals surface area contributed by atoms with Crippen LogP contribution < -0.4 is 5.32 Å². The Balaban J connectivity index is 2.48. The average Bonchev–Trinajstić information content (AvgIpc) is 2.33. The molecule has 0 bridgehead atoms. The molecular weight excluding hydrogens is 270 g/mol. The summed E-state index contributed by atoms with van der Waals surface area (Å²) in [6.45, 7) is 5.06. The maximum atomic E-state index is 12.9. The number of alkyl halides is 3. The van der Waals surface area contributed by atoms with E-state index in [9.17, 15) is 17.6 Å². The van der Waals surface area contributed by atoms with Gasteiger partial charge in [-0.15, -0.1) is 0 Å². The van der Waals surface area contributed by atoms with Crippen LogP contribution in [-0.4, -0.2) is 6.54 Å². The summed E-state index contributed by atoms with van der Waals surface area (Å²) in [6, 6.07) is 2.81. The maximum Gasteiger partial charge on any atom is 0.416 e. The lowest BCUT2D eigenvalue weighted by Gasteiger charge is -2.13. The SMILES string of the molecule is CC(C)CCCCNCc1ccc(F)cc1C(F)(F)F. The zero-order valence-corrected chi connectivity index (χ0v) is 11.9. The minimum Gasteiger partial charge on any atom is -0.313 e. The second-order valence-corrected chi connectivity index (χ2v) is 5.37. The first-order chi connectivity index (χ1) is 9.30. The van der Waals surface area contributed by atoms with Crippen LogP contribution in [0.1, 0.15) is 44.2 Å². The van der Waals surface area contributed by atoms with E-state index in [1.165, 1.54) is 6.07 Å². The lowest BCUT2D eigenvalue weighted by atomic mass is 10.1. The molecule has 0 aliphatic carbocycles. The Morgan fingerprint density at radius 3 is 2.45 bits per heavy atom. The fourth-order valence-corrected chi connectivity index (χ4v) is 1.99. The van der Waals surface area contributed by atoms with Crippen molar-refractivity contribution in [3.8, 4) is 0 Å².